The Bertz CT molecular complexity index is 504. The minimum absolute atomic E-state index is 0.0161. The third kappa shape index (κ3) is 4.31. The minimum atomic E-state index is 0.0161. The molecule has 0 bridgehead atoms. The molecule has 0 saturated heterocycles. The van der Waals surface area contributed by atoms with Crippen LogP contribution in [-0.2, 0) is 4.79 Å². The fourth-order valence-corrected chi connectivity index (χ4v) is 2.64. The number of nitrogens with one attached hydrogen (secondary N) is 1. The van der Waals surface area contributed by atoms with Crippen LogP contribution in [-0.4, -0.2) is 11.9 Å². The smallest absolute Gasteiger partial charge is 0.225 e. The lowest BCUT2D eigenvalue weighted by molar-refractivity contribution is -0.116. The summed E-state index contributed by atoms with van der Waals surface area (Å²) in [4.78, 5) is 12.2. The van der Waals surface area contributed by atoms with Crippen LogP contribution in [0.3, 0.4) is 0 Å². The second kappa shape index (κ2) is 6.61. The summed E-state index contributed by atoms with van der Waals surface area (Å²) in [6, 6.07) is 6.37. The molecule has 1 atom stereocenters. The van der Waals surface area contributed by atoms with Gasteiger partial charge in [-0.15, -0.1) is 0 Å². The number of hydrogen-bond donors (Lipinski definition) is 2. The summed E-state index contributed by atoms with van der Waals surface area (Å²) in [6.45, 7) is 8.69. The molecule has 0 aliphatic heterocycles. The van der Waals surface area contributed by atoms with Crippen molar-refractivity contribution in [3.05, 3.63) is 29.3 Å². The first kappa shape index (κ1) is 16.0. The van der Waals surface area contributed by atoms with Crippen LogP contribution in [0.1, 0.15) is 69.9 Å². The van der Waals surface area contributed by atoms with E-state index >= 15 is 0 Å². The van der Waals surface area contributed by atoms with Gasteiger partial charge in [0.15, 0.2) is 0 Å². The van der Waals surface area contributed by atoms with Crippen molar-refractivity contribution in [2.75, 3.05) is 5.32 Å². The Balaban J connectivity index is 2.09. The number of benzene rings is 1. The standard InChI is InChI=1S/C18H28N2O/c1-11(2)14-7-8-17(15(9-14)12(3)4)20-18(21)10-16(19)13-5-6-13/h7-9,11-13,16H,5-6,10,19H2,1-4H3,(H,20,21). The molecule has 1 unspecified atom stereocenters. The lowest BCUT2D eigenvalue weighted by Crippen LogP contribution is -2.29. The second-order valence-corrected chi connectivity index (χ2v) is 6.91. The van der Waals surface area contributed by atoms with Crippen molar-refractivity contribution in [1.82, 2.24) is 0 Å². The summed E-state index contributed by atoms with van der Waals surface area (Å²) < 4.78 is 0. The maximum absolute atomic E-state index is 12.2. The van der Waals surface area contributed by atoms with Gasteiger partial charge in [0.1, 0.15) is 0 Å². The van der Waals surface area contributed by atoms with Crippen molar-refractivity contribution in [3.63, 3.8) is 0 Å². The highest BCUT2D eigenvalue weighted by molar-refractivity contribution is 5.92. The number of carbonyl (C=O) groups is 1. The number of amides is 1. The molecule has 1 aliphatic rings. The zero-order valence-corrected chi connectivity index (χ0v) is 13.6. The van der Waals surface area contributed by atoms with E-state index < -0.39 is 0 Å². The van der Waals surface area contributed by atoms with Crippen molar-refractivity contribution in [2.45, 2.75) is 64.8 Å². The van der Waals surface area contributed by atoms with Gasteiger partial charge in [-0.25, -0.2) is 0 Å². The lowest BCUT2D eigenvalue weighted by atomic mass is 9.94. The molecule has 1 aliphatic carbocycles. The monoisotopic (exact) mass is 288 g/mol. The van der Waals surface area contributed by atoms with Gasteiger partial charge >= 0.3 is 0 Å². The molecule has 0 heterocycles. The first-order valence-corrected chi connectivity index (χ1v) is 8.07. The molecule has 0 aromatic heterocycles. The number of rotatable bonds is 6. The summed E-state index contributed by atoms with van der Waals surface area (Å²) >= 11 is 0. The molecule has 21 heavy (non-hydrogen) atoms. The summed E-state index contributed by atoms with van der Waals surface area (Å²) in [5.74, 6) is 1.48. The van der Waals surface area contributed by atoms with Gasteiger partial charge in [-0.1, -0.05) is 39.8 Å². The van der Waals surface area contributed by atoms with E-state index in [0.717, 1.165) is 5.69 Å². The zero-order chi connectivity index (χ0) is 15.6. The average molecular weight is 288 g/mol. The molecular weight excluding hydrogens is 260 g/mol. The second-order valence-electron chi connectivity index (χ2n) is 6.91. The SMILES string of the molecule is CC(C)c1ccc(NC(=O)CC(N)C2CC2)c(C(C)C)c1. The van der Waals surface area contributed by atoms with Crippen molar-refractivity contribution in [2.24, 2.45) is 11.7 Å². The fraction of sp³-hybridized carbons (Fsp3) is 0.611. The number of anilines is 1. The maximum atomic E-state index is 12.2. The van der Waals surface area contributed by atoms with E-state index in [0.29, 0.717) is 24.2 Å². The Morgan fingerprint density at radius 3 is 2.43 bits per heavy atom. The van der Waals surface area contributed by atoms with Crippen LogP contribution >= 0.6 is 0 Å². The molecule has 0 radical (unpaired) electrons. The van der Waals surface area contributed by atoms with Gasteiger partial charge < -0.3 is 11.1 Å². The zero-order valence-electron chi connectivity index (χ0n) is 13.6. The first-order valence-electron chi connectivity index (χ1n) is 8.07. The molecular formula is C18H28N2O. The third-order valence-electron chi connectivity index (χ3n) is 4.29. The molecule has 1 amide bonds. The highest BCUT2D eigenvalue weighted by Crippen LogP contribution is 2.33. The molecule has 0 spiro atoms. The van der Waals surface area contributed by atoms with E-state index in [1.54, 1.807) is 0 Å². The van der Waals surface area contributed by atoms with E-state index in [9.17, 15) is 4.79 Å². The Labute approximate surface area is 128 Å². The highest BCUT2D eigenvalue weighted by Gasteiger charge is 2.29. The Kier molecular flexibility index (Phi) is 5.04. The van der Waals surface area contributed by atoms with E-state index in [2.05, 4.69) is 45.1 Å². The van der Waals surface area contributed by atoms with E-state index in [-0.39, 0.29) is 11.9 Å². The van der Waals surface area contributed by atoms with Gasteiger partial charge in [0.2, 0.25) is 5.91 Å². The Morgan fingerprint density at radius 2 is 1.90 bits per heavy atom. The normalized spacial score (nSPS) is 16.3. The van der Waals surface area contributed by atoms with Crippen LogP contribution in [0.15, 0.2) is 18.2 Å². The van der Waals surface area contributed by atoms with Gasteiger partial charge in [0.25, 0.3) is 0 Å². The van der Waals surface area contributed by atoms with Crippen LogP contribution < -0.4 is 11.1 Å². The predicted molar refractivity (Wildman–Crippen MR) is 88.6 cm³/mol. The topological polar surface area (TPSA) is 55.1 Å². The van der Waals surface area contributed by atoms with Crippen LogP contribution in [0.4, 0.5) is 5.69 Å². The molecule has 1 aromatic rings. The van der Waals surface area contributed by atoms with Crippen molar-refractivity contribution >= 4 is 11.6 Å². The summed E-state index contributed by atoms with van der Waals surface area (Å²) in [5, 5.41) is 3.05. The molecule has 3 nitrogen and oxygen atoms in total. The van der Waals surface area contributed by atoms with Crippen LogP contribution in [0, 0.1) is 5.92 Å². The lowest BCUT2D eigenvalue weighted by Gasteiger charge is -2.18. The van der Waals surface area contributed by atoms with E-state index in [1.165, 1.54) is 24.0 Å². The number of hydrogen-bond acceptors (Lipinski definition) is 2. The average Bonchev–Trinajstić information content (AvgIpc) is 3.22. The van der Waals surface area contributed by atoms with Gasteiger partial charge in [0.05, 0.1) is 0 Å². The summed E-state index contributed by atoms with van der Waals surface area (Å²) in [7, 11) is 0. The van der Waals surface area contributed by atoms with E-state index in [4.69, 9.17) is 5.73 Å². The van der Waals surface area contributed by atoms with Gasteiger partial charge in [-0.3, -0.25) is 4.79 Å². The Hall–Kier alpha value is -1.35. The molecule has 1 fully saturated rings. The molecule has 1 saturated carbocycles. The van der Waals surface area contributed by atoms with E-state index in [1.807, 2.05) is 6.07 Å². The fourth-order valence-electron chi connectivity index (χ4n) is 2.64. The van der Waals surface area contributed by atoms with Crippen molar-refractivity contribution in [1.29, 1.82) is 0 Å². The van der Waals surface area contributed by atoms with Crippen LogP contribution in [0.2, 0.25) is 0 Å². The van der Waals surface area contributed by atoms with Gasteiger partial charge in [-0.2, -0.15) is 0 Å². The van der Waals surface area contributed by atoms with Crippen molar-refractivity contribution < 1.29 is 4.79 Å². The van der Waals surface area contributed by atoms with Crippen LogP contribution in [0.5, 0.6) is 0 Å². The highest BCUT2D eigenvalue weighted by atomic mass is 16.1. The number of carbonyl (C=O) groups excluding carboxylic acids is 1. The molecule has 1 aromatic carbocycles. The minimum Gasteiger partial charge on any atom is -0.327 e. The van der Waals surface area contributed by atoms with Gasteiger partial charge in [-0.05, 0) is 47.8 Å². The maximum Gasteiger partial charge on any atom is 0.225 e. The third-order valence-corrected chi connectivity index (χ3v) is 4.29. The number of nitrogens with two attached hydrogens (primary N) is 1. The van der Waals surface area contributed by atoms with Gasteiger partial charge in [0, 0.05) is 18.2 Å². The van der Waals surface area contributed by atoms with Crippen molar-refractivity contribution in [3.8, 4) is 0 Å². The summed E-state index contributed by atoms with van der Waals surface area (Å²) in [5.41, 5.74) is 9.48. The quantitative estimate of drug-likeness (QED) is 0.831. The largest absolute Gasteiger partial charge is 0.327 e. The molecule has 116 valence electrons. The predicted octanol–water partition coefficient (Wildman–Crippen LogP) is 4.00. The summed E-state index contributed by atoms with van der Waals surface area (Å²) in [6.07, 6.45) is 2.78. The molecule has 3 heteroatoms. The molecule has 3 N–H and O–H groups in total. The molecule has 2 rings (SSSR count). The van der Waals surface area contributed by atoms with Crippen LogP contribution in [0.25, 0.3) is 0 Å². The Morgan fingerprint density at radius 1 is 1.24 bits per heavy atom. The first-order chi connectivity index (χ1) is 9.88.